The Morgan fingerprint density at radius 2 is 2.24 bits per heavy atom. The second kappa shape index (κ2) is 4.63. The fourth-order valence-electron chi connectivity index (χ4n) is 1.55. The molecule has 0 aliphatic carbocycles. The summed E-state index contributed by atoms with van der Waals surface area (Å²) in [5, 5.41) is -0.239. The van der Waals surface area contributed by atoms with Crippen LogP contribution in [0.4, 0.5) is 4.79 Å². The lowest BCUT2D eigenvalue weighted by Crippen LogP contribution is -2.27. The van der Waals surface area contributed by atoms with Gasteiger partial charge in [-0.25, -0.2) is 0 Å². The maximum atomic E-state index is 11.9. The molecule has 0 spiro atoms. The number of hydrogen-bond donors (Lipinski definition) is 0. The minimum atomic E-state index is -0.247. The van der Waals surface area contributed by atoms with Crippen LogP contribution in [0.25, 0.3) is 6.08 Å². The van der Waals surface area contributed by atoms with Crippen LogP contribution in [0.15, 0.2) is 36.0 Å². The lowest BCUT2D eigenvalue weighted by Gasteiger charge is -2.07. The minimum absolute atomic E-state index is 0.239. The third-order valence-corrected chi connectivity index (χ3v) is 3.25. The molecule has 1 aliphatic heterocycles. The van der Waals surface area contributed by atoms with E-state index >= 15 is 0 Å². The largest absolute Gasteiger partial charge is 0.357 e. The molecule has 0 unspecified atom stereocenters. The number of thioether (sulfide) groups is 1. The average molecular weight is 248 g/mol. The van der Waals surface area contributed by atoms with Gasteiger partial charge < -0.3 is 4.57 Å². The van der Waals surface area contributed by atoms with Gasteiger partial charge in [0.1, 0.15) is 0 Å². The molecule has 2 rings (SSSR count). The number of nitrogens with zero attached hydrogens (tertiary/aromatic N) is 2. The van der Waals surface area contributed by atoms with Crippen molar-refractivity contribution < 1.29 is 9.59 Å². The van der Waals surface area contributed by atoms with Crippen LogP contribution in [0.2, 0.25) is 0 Å². The second-order valence-corrected chi connectivity index (χ2v) is 4.68. The number of aryl methyl sites for hydroxylation is 1. The van der Waals surface area contributed by atoms with Gasteiger partial charge in [-0.2, -0.15) is 0 Å². The Balaban J connectivity index is 2.24. The molecule has 0 radical (unpaired) electrons. The summed E-state index contributed by atoms with van der Waals surface area (Å²) in [7, 11) is 1.90. The SMILES string of the molecule is C=CCN1C(=O)S/C(=C/c2ccn(C)c2)C1=O. The predicted molar refractivity (Wildman–Crippen MR) is 68.3 cm³/mol. The zero-order valence-electron chi connectivity index (χ0n) is 9.42. The Morgan fingerprint density at radius 3 is 2.82 bits per heavy atom. The zero-order valence-corrected chi connectivity index (χ0v) is 10.2. The molecule has 1 saturated heterocycles. The van der Waals surface area contributed by atoms with Crippen LogP contribution in [0.3, 0.4) is 0 Å². The Kier molecular flexibility index (Phi) is 3.19. The lowest BCUT2D eigenvalue weighted by atomic mass is 10.3. The molecule has 17 heavy (non-hydrogen) atoms. The van der Waals surface area contributed by atoms with E-state index in [0.717, 1.165) is 17.3 Å². The highest BCUT2D eigenvalue weighted by Gasteiger charge is 2.33. The van der Waals surface area contributed by atoms with E-state index < -0.39 is 0 Å². The van der Waals surface area contributed by atoms with Gasteiger partial charge in [-0.15, -0.1) is 6.58 Å². The number of aromatic nitrogens is 1. The first-order chi connectivity index (χ1) is 8.11. The summed E-state index contributed by atoms with van der Waals surface area (Å²) in [6.07, 6.45) is 7.05. The molecule has 1 aromatic rings. The molecule has 0 N–H and O–H groups in total. The van der Waals surface area contributed by atoms with E-state index in [1.54, 1.807) is 12.2 Å². The Hall–Kier alpha value is -1.75. The first kappa shape index (κ1) is 11.7. The van der Waals surface area contributed by atoms with Gasteiger partial charge in [-0.1, -0.05) is 6.08 Å². The van der Waals surface area contributed by atoms with Crippen LogP contribution < -0.4 is 0 Å². The molecule has 0 aromatic carbocycles. The number of rotatable bonds is 3. The summed E-state index contributed by atoms with van der Waals surface area (Å²) in [6.45, 7) is 3.79. The van der Waals surface area contributed by atoms with E-state index in [2.05, 4.69) is 6.58 Å². The summed E-state index contributed by atoms with van der Waals surface area (Å²) in [5.74, 6) is -0.247. The molecule has 0 saturated carbocycles. The van der Waals surface area contributed by atoms with Gasteiger partial charge in [0.15, 0.2) is 0 Å². The highest BCUT2D eigenvalue weighted by molar-refractivity contribution is 8.18. The van der Waals surface area contributed by atoms with E-state index in [4.69, 9.17) is 0 Å². The topological polar surface area (TPSA) is 42.3 Å². The monoisotopic (exact) mass is 248 g/mol. The van der Waals surface area contributed by atoms with Gasteiger partial charge in [0.05, 0.1) is 4.91 Å². The molecular weight excluding hydrogens is 236 g/mol. The fourth-order valence-corrected chi connectivity index (χ4v) is 2.40. The third-order valence-electron chi connectivity index (χ3n) is 2.34. The van der Waals surface area contributed by atoms with Crippen LogP contribution >= 0.6 is 11.8 Å². The fraction of sp³-hybridized carbons (Fsp3) is 0.167. The highest BCUT2D eigenvalue weighted by atomic mass is 32.2. The maximum absolute atomic E-state index is 11.9. The van der Waals surface area contributed by atoms with Crippen molar-refractivity contribution in [1.82, 2.24) is 9.47 Å². The molecule has 1 fully saturated rings. The molecule has 1 aromatic heterocycles. The number of carbonyl (C=O) groups excluding carboxylic acids is 2. The van der Waals surface area contributed by atoms with Crippen molar-refractivity contribution in [3.63, 3.8) is 0 Å². The standard InChI is InChI=1S/C12H12N2O2S/c1-3-5-14-11(15)10(17-12(14)16)7-9-4-6-13(2)8-9/h3-4,6-8H,1,5H2,2H3/b10-7+. The van der Waals surface area contributed by atoms with Gasteiger partial charge in [0.25, 0.3) is 11.1 Å². The van der Waals surface area contributed by atoms with E-state index in [1.165, 1.54) is 4.90 Å². The third kappa shape index (κ3) is 2.34. The quantitative estimate of drug-likeness (QED) is 0.608. The van der Waals surface area contributed by atoms with Crippen molar-refractivity contribution in [2.75, 3.05) is 6.54 Å². The van der Waals surface area contributed by atoms with Crippen LogP contribution in [-0.4, -0.2) is 27.2 Å². The molecule has 1 aliphatic rings. The maximum Gasteiger partial charge on any atom is 0.293 e. The van der Waals surface area contributed by atoms with E-state index in [0.29, 0.717) is 4.91 Å². The molecule has 0 bridgehead atoms. The van der Waals surface area contributed by atoms with Gasteiger partial charge in [0.2, 0.25) is 0 Å². The second-order valence-electron chi connectivity index (χ2n) is 3.69. The number of carbonyl (C=O) groups is 2. The molecule has 2 heterocycles. The van der Waals surface area contributed by atoms with Crippen molar-refractivity contribution >= 4 is 29.0 Å². The smallest absolute Gasteiger partial charge is 0.293 e. The molecule has 88 valence electrons. The van der Waals surface area contributed by atoms with Gasteiger partial charge in [0, 0.05) is 26.0 Å². The summed E-state index contributed by atoms with van der Waals surface area (Å²) in [6, 6.07) is 1.89. The predicted octanol–water partition coefficient (Wildman–Crippen LogP) is 2.25. The van der Waals surface area contributed by atoms with E-state index in [-0.39, 0.29) is 17.7 Å². The molecule has 4 nitrogen and oxygen atoms in total. The minimum Gasteiger partial charge on any atom is -0.357 e. The van der Waals surface area contributed by atoms with Gasteiger partial charge >= 0.3 is 0 Å². The highest BCUT2D eigenvalue weighted by Crippen LogP contribution is 2.31. The normalized spacial score (nSPS) is 18.2. The number of amides is 2. The summed E-state index contributed by atoms with van der Waals surface area (Å²) in [4.78, 5) is 25.1. The average Bonchev–Trinajstić information content (AvgIpc) is 2.79. The Bertz CT molecular complexity index is 516. The molecule has 5 heteroatoms. The van der Waals surface area contributed by atoms with Crippen LogP contribution in [0.5, 0.6) is 0 Å². The Morgan fingerprint density at radius 1 is 1.47 bits per heavy atom. The number of imide groups is 1. The van der Waals surface area contributed by atoms with Crippen molar-refractivity contribution in [1.29, 1.82) is 0 Å². The molecule has 0 atom stereocenters. The number of hydrogen-bond acceptors (Lipinski definition) is 3. The first-order valence-corrected chi connectivity index (χ1v) is 5.91. The van der Waals surface area contributed by atoms with Crippen molar-refractivity contribution in [3.8, 4) is 0 Å². The van der Waals surface area contributed by atoms with Gasteiger partial charge in [-0.3, -0.25) is 14.5 Å². The summed E-state index contributed by atoms with van der Waals surface area (Å²) < 4.78 is 1.89. The first-order valence-electron chi connectivity index (χ1n) is 5.10. The van der Waals surface area contributed by atoms with Crippen LogP contribution in [-0.2, 0) is 11.8 Å². The van der Waals surface area contributed by atoms with Crippen LogP contribution in [0.1, 0.15) is 5.56 Å². The lowest BCUT2D eigenvalue weighted by molar-refractivity contribution is -0.122. The molecular formula is C12H12N2O2S. The van der Waals surface area contributed by atoms with Crippen molar-refractivity contribution in [3.05, 3.63) is 41.6 Å². The Labute approximate surface area is 104 Å². The van der Waals surface area contributed by atoms with E-state index in [9.17, 15) is 9.59 Å². The van der Waals surface area contributed by atoms with Crippen molar-refractivity contribution in [2.24, 2.45) is 7.05 Å². The summed E-state index contributed by atoms with van der Waals surface area (Å²) in [5.41, 5.74) is 0.914. The van der Waals surface area contributed by atoms with Crippen LogP contribution in [0, 0.1) is 0 Å². The molecule has 2 amide bonds. The zero-order chi connectivity index (χ0) is 12.4. The summed E-state index contributed by atoms with van der Waals surface area (Å²) >= 11 is 0.967. The van der Waals surface area contributed by atoms with E-state index in [1.807, 2.05) is 30.1 Å². The van der Waals surface area contributed by atoms with Crippen molar-refractivity contribution in [2.45, 2.75) is 0 Å². The van der Waals surface area contributed by atoms with Gasteiger partial charge in [-0.05, 0) is 29.5 Å².